The number of nitrogens with one attached hydrogen (secondary N) is 1. The van der Waals surface area contributed by atoms with Crippen molar-refractivity contribution in [1.29, 1.82) is 0 Å². The smallest absolute Gasteiger partial charge is 0.231 e. The Balaban J connectivity index is 0.00000220. The minimum atomic E-state index is -0.218. The summed E-state index contributed by atoms with van der Waals surface area (Å²) in [5, 5.41) is 14.5. The van der Waals surface area contributed by atoms with Gasteiger partial charge in [-0.05, 0) is 42.3 Å². The molecule has 0 atom stereocenters. The Morgan fingerprint density at radius 1 is 1.45 bits per heavy atom. The standard InChI is InChI=1S/C10H9ClN4O3S.CH4/c1-6-4-7(2-3-8(6)19-18-17-16)14-10-13-5-12-9(11)15-10;/h2-5,16H,1H3,(H,12,13,14,15);1H4/i5T;. The lowest BCUT2D eigenvalue weighted by Crippen LogP contribution is -1.98. The highest BCUT2D eigenvalue weighted by atomic mass is 35.5. The van der Waals surface area contributed by atoms with Crippen LogP contribution in [-0.4, -0.2) is 20.2 Å². The summed E-state index contributed by atoms with van der Waals surface area (Å²) in [5.74, 6) is 0.185. The number of hydrogen-bond donors (Lipinski definition) is 2. The van der Waals surface area contributed by atoms with Crippen molar-refractivity contribution in [2.24, 2.45) is 0 Å². The second-order valence-corrected chi connectivity index (χ2v) is 4.44. The molecule has 2 aromatic rings. The number of anilines is 2. The number of aryl methyl sites for hydroxylation is 1. The second-order valence-electron chi connectivity index (χ2n) is 3.36. The number of hydrogen-bond acceptors (Lipinski definition) is 8. The van der Waals surface area contributed by atoms with Crippen molar-refractivity contribution in [3.8, 4) is 0 Å². The lowest BCUT2D eigenvalue weighted by Gasteiger charge is -2.07. The van der Waals surface area contributed by atoms with Gasteiger partial charge in [0.05, 0.1) is 12.0 Å². The molecule has 0 saturated carbocycles. The first-order chi connectivity index (χ1) is 9.58. The molecule has 1 aromatic heterocycles. The van der Waals surface area contributed by atoms with E-state index in [2.05, 4.69) is 29.6 Å². The molecule has 0 fully saturated rings. The highest BCUT2D eigenvalue weighted by Crippen LogP contribution is 2.26. The van der Waals surface area contributed by atoms with Crippen LogP contribution in [0.1, 0.15) is 14.4 Å². The van der Waals surface area contributed by atoms with Gasteiger partial charge in [-0.1, -0.05) is 12.5 Å². The summed E-state index contributed by atoms with van der Waals surface area (Å²) in [7, 11) is 0. The molecule has 7 nitrogen and oxygen atoms in total. The molecule has 9 heteroatoms. The van der Waals surface area contributed by atoms with E-state index < -0.39 is 0 Å². The topological polar surface area (TPSA) is 89.4 Å². The molecule has 20 heavy (non-hydrogen) atoms. The first kappa shape index (κ1) is 14.9. The molecule has 0 saturated heterocycles. The fourth-order valence-corrected chi connectivity index (χ4v) is 1.84. The molecule has 0 spiro atoms. The average Bonchev–Trinajstić information content (AvgIpc) is 2.36. The third-order valence-electron chi connectivity index (χ3n) is 2.08. The zero-order valence-electron chi connectivity index (χ0n) is 10.6. The molecule has 2 rings (SSSR count). The van der Waals surface area contributed by atoms with E-state index in [1.165, 1.54) is 0 Å². The Hall–Kier alpha value is -1.45. The summed E-state index contributed by atoms with van der Waals surface area (Å²) >= 11 is 6.52. The van der Waals surface area contributed by atoms with Crippen LogP contribution in [0.2, 0.25) is 5.28 Å². The Morgan fingerprint density at radius 3 is 2.90 bits per heavy atom. The van der Waals surface area contributed by atoms with Gasteiger partial charge in [-0.15, -0.1) is 4.33 Å². The molecule has 0 radical (unpaired) electrons. The van der Waals surface area contributed by atoms with E-state index in [1.54, 1.807) is 12.1 Å². The molecule has 0 aliphatic rings. The molecule has 0 aliphatic heterocycles. The Bertz CT molecular complexity index is 600. The predicted octanol–water partition coefficient (Wildman–Crippen LogP) is 3.64. The van der Waals surface area contributed by atoms with E-state index in [1.807, 2.05) is 13.0 Å². The average molecular weight is 319 g/mol. The first-order valence-electron chi connectivity index (χ1n) is 5.49. The fourth-order valence-electron chi connectivity index (χ4n) is 1.31. The summed E-state index contributed by atoms with van der Waals surface area (Å²) < 4.78 is 11.7. The van der Waals surface area contributed by atoms with Crippen LogP contribution in [0, 0.1) is 6.92 Å². The van der Waals surface area contributed by atoms with Crippen LogP contribution in [0.5, 0.6) is 0 Å². The molecular weight excluding hydrogens is 304 g/mol. The minimum absolute atomic E-state index is 0. The van der Waals surface area contributed by atoms with Crippen LogP contribution in [0.3, 0.4) is 0 Å². The third-order valence-corrected chi connectivity index (χ3v) is 3.02. The first-order valence-corrected chi connectivity index (χ1v) is 6.11. The number of nitrogens with zero attached hydrogens (tertiary/aromatic N) is 3. The minimum Gasteiger partial charge on any atom is -0.324 e. The maximum atomic E-state index is 8.11. The molecule has 1 aromatic carbocycles. The lowest BCUT2D eigenvalue weighted by atomic mass is 10.2. The Labute approximate surface area is 126 Å². The van der Waals surface area contributed by atoms with Crippen molar-refractivity contribution < 1.29 is 16.0 Å². The van der Waals surface area contributed by atoms with Gasteiger partial charge in [0.15, 0.2) is 0 Å². The van der Waals surface area contributed by atoms with Crippen molar-refractivity contribution in [2.45, 2.75) is 19.2 Å². The van der Waals surface area contributed by atoms with Crippen LogP contribution in [0.15, 0.2) is 29.4 Å². The quantitative estimate of drug-likeness (QED) is 0.490. The predicted molar refractivity (Wildman–Crippen MR) is 76.7 cm³/mol. The van der Waals surface area contributed by atoms with Crippen LogP contribution in [0.25, 0.3) is 0 Å². The van der Waals surface area contributed by atoms with Crippen LogP contribution in [0.4, 0.5) is 11.6 Å². The van der Waals surface area contributed by atoms with Crippen LogP contribution < -0.4 is 5.32 Å². The van der Waals surface area contributed by atoms with Crippen LogP contribution in [-0.2, 0) is 9.37 Å². The monoisotopic (exact) mass is 318 g/mol. The SMILES string of the molecule is C.[3H]c1nc(Cl)nc(Nc2ccc(SOOO)c(C)c2)n1. The highest BCUT2D eigenvalue weighted by molar-refractivity contribution is 7.94. The van der Waals surface area contributed by atoms with Gasteiger partial charge in [0.1, 0.15) is 7.67 Å². The van der Waals surface area contributed by atoms with E-state index in [-0.39, 0.29) is 25.0 Å². The van der Waals surface area contributed by atoms with Gasteiger partial charge in [0.2, 0.25) is 11.2 Å². The van der Waals surface area contributed by atoms with Gasteiger partial charge in [0, 0.05) is 10.6 Å². The zero-order chi connectivity index (χ0) is 14.5. The summed E-state index contributed by atoms with van der Waals surface area (Å²) in [4.78, 5) is 12.0. The fraction of sp³-hybridized carbons (Fsp3) is 0.182. The highest BCUT2D eigenvalue weighted by Gasteiger charge is 2.04. The van der Waals surface area contributed by atoms with E-state index >= 15 is 0 Å². The normalized spacial score (nSPS) is 10.7. The Morgan fingerprint density at radius 2 is 2.25 bits per heavy atom. The second kappa shape index (κ2) is 7.98. The van der Waals surface area contributed by atoms with Crippen molar-refractivity contribution in [3.63, 3.8) is 0 Å². The molecule has 108 valence electrons. The molecule has 0 amide bonds. The van der Waals surface area contributed by atoms with Gasteiger partial charge in [0.25, 0.3) is 0 Å². The van der Waals surface area contributed by atoms with E-state index in [0.717, 1.165) is 22.5 Å². The van der Waals surface area contributed by atoms with Crippen molar-refractivity contribution in [3.05, 3.63) is 35.3 Å². The van der Waals surface area contributed by atoms with Crippen LogP contribution >= 0.6 is 23.6 Å². The third kappa shape index (κ3) is 4.58. The zero-order valence-corrected chi connectivity index (χ0v) is 11.2. The van der Waals surface area contributed by atoms with E-state index in [0.29, 0.717) is 5.69 Å². The van der Waals surface area contributed by atoms with Gasteiger partial charge < -0.3 is 5.32 Å². The van der Waals surface area contributed by atoms with E-state index in [4.69, 9.17) is 18.2 Å². The van der Waals surface area contributed by atoms with Gasteiger partial charge in [-0.2, -0.15) is 4.98 Å². The molecule has 1 heterocycles. The van der Waals surface area contributed by atoms with Crippen molar-refractivity contribution in [1.82, 2.24) is 15.0 Å². The number of halogens is 1. The van der Waals surface area contributed by atoms with Gasteiger partial charge >= 0.3 is 0 Å². The molecule has 2 N–H and O–H groups in total. The summed E-state index contributed by atoms with van der Waals surface area (Å²) in [6, 6.07) is 5.31. The molecule has 0 bridgehead atoms. The number of aromatic nitrogens is 3. The lowest BCUT2D eigenvalue weighted by molar-refractivity contribution is -0.432. The summed E-state index contributed by atoms with van der Waals surface area (Å²) in [6.07, 6.45) is -0.218. The summed E-state index contributed by atoms with van der Waals surface area (Å²) in [6.45, 7) is 1.85. The largest absolute Gasteiger partial charge is 0.324 e. The van der Waals surface area contributed by atoms with Crippen molar-refractivity contribution in [2.75, 3.05) is 5.32 Å². The number of rotatable bonds is 5. The maximum Gasteiger partial charge on any atom is 0.231 e. The van der Waals surface area contributed by atoms with Crippen molar-refractivity contribution >= 4 is 35.3 Å². The Kier molecular flexibility index (Phi) is 5.96. The molecule has 0 unspecified atom stereocenters. The van der Waals surface area contributed by atoms with Gasteiger partial charge in [-0.3, -0.25) is 0 Å². The maximum absolute atomic E-state index is 8.11. The molecule has 0 aliphatic carbocycles. The number of benzene rings is 1. The summed E-state index contributed by atoms with van der Waals surface area (Å²) in [5.41, 5.74) is 1.58. The molecular formula is C11H13ClN4O3S. The van der Waals surface area contributed by atoms with E-state index in [9.17, 15) is 0 Å². The van der Waals surface area contributed by atoms with Gasteiger partial charge in [-0.25, -0.2) is 15.2 Å².